The van der Waals surface area contributed by atoms with Crippen molar-refractivity contribution in [3.8, 4) is 0 Å². The molecule has 1 saturated heterocycles. The lowest BCUT2D eigenvalue weighted by Crippen LogP contribution is -2.42. The Balaban J connectivity index is 2.17. The van der Waals surface area contributed by atoms with Crippen LogP contribution in [0.5, 0.6) is 0 Å². The fourth-order valence-corrected chi connectivity index (χ4v) is 5.26. The quantitative estimate of drug-likeness (QED) is 0.757. The van der Waals surface area contributed by atoms with Gasteiger partial charge in [-0.05, 0) is 71.9 Å². The summed E-state index contributed by atoms with van der Waals surface area (Å²) in [7, 11) is -3.51. The lowest BCUT2D eigenvalue weighted by atomic mass is 9.81. The van der Waals surface area contributed by atoms with Crippen molar-refractivity contribution in [1.82, 2.24) is 10.0 Å². The first-order valence-corrected chi connectivity index (χ1v) is 9.96. The number of nitrogens with one attached hydrogen (secondary N) is 2. The number of aryl methyl sites for hydroxylation is 1. The van der Waals surface area contributed by atoms with Crippen LogP contribution in [-0.2, 0) is 10.0 Å². The van der Waals surface area contributed by atoms with E-state index < -0.39 is 10.0 Å². The van der Waals surface area contributed by atoms with Gasteiger partial charge in [-0.25, -0.2) is 13.1 Å². The van der Waals surface area contributed by atoms with Crippen LogP contribution in [0.2, 0.25) is 0 Å². The number of piperidine rings is 1. The molecule has 0 spiro atoms. The van der Waals surface area contributed by atoms with Crippen molar-refractivity contribution in [1.29, 1.82) is 0 Å². The van der Waals surface area contributed by atoms with Crippen molar-refractivity contribution in [2.45, 2.75) is 31.6 Å². The average molecular weight is 440 g/mol. The van der Waals surface area contributed by atoms with Gasteiger partial charge in [0.05, 0.1) is 4.90 Å². The van der Waals surface area contributed by atoms with Crippen LogP contribution < -0.4 is 10.0 Å². The Morgan fingerprint density at radius 2 is 1.86 bits per heavy atom. The highest BCUT2D eigenvalue weighted by Crippen LogP contribution is 2.30. The van der Waals surface area contributed by atoms with Crippen LogP contribution in [0.3, 0.4) is 0 Å². The minimum absolute atomic E-state index is 0.0206. The lowest BCUT2D eigenvalue weighted by Gasteiger charge is -2.34. The first-order chi connectivity index (χ1) is 9.73. The molecular weight excluding hydrogens is 420 g/mol. The molecule has 0 radical (unpaired) electrons. The third-order valence-corrected chi connectivity index (χ3v) is 7.22. The molecule has 1 fully saturated rings. The molecule has 0 bridgehead atoms. The van der Waals surface area contributed by atoms with Crippen LogP contribution in [0.25, 0.3) is 0 Å². The summed E-state index contributed by atoms with van der Waals surface area (Å²) < 4.78 is 29.2. The molecule has 118 valence electrons. The Kier molecular flexibility index (Phi) is 5.52. The first kappa shape index (κ1) is 17.4. The van der Waals surface area contributed by atoms with Gasteiger partial charge in [0.25, 0.3) is 0 Å². The SMILES string of the molecule is Cc1cc(Br)c(S(=O)(=O)NCC2(C)CCNCC2)cc1Br. The van der Waals surface area contributed by atoms with Gasteiger partial charge in [-0.2, -0.15) is 0 Å². The molecule has 1 aromatic rings. The van der Waals surface area contributed by atoms with Crippen LogP contribution in [0.15, 0.2) is 26.0 Å². The number of hydrogen-bond acceptors (Lipinski definition) is 3. The van der Waals surface area contributed by atoms with E-state index in [2.05, 4.69) is 48.8 Å². The summed E-state index contributed by atoms with van der Waals surface area (Å²) in [5, 5.41) is 3.30. The standard InChI is InChI=1S/C14H20Br2N2O2S/c1-10-7-12(16)13(8-11(10)15)21(19,20)18-9-14(2)3-5-17-6-4-14/h7-8,17-18H,3-6,9H2,1-2H3. The molecule has 0 aromatic heterocycles. The summed E-state index contributed by atoms with van der Waals surface area (Å²) in [5.74, 6) is 0. The third kappa shape index (κ3) is 4.28. The van der Waals surface area contributed by atoms with Gasteiger partial charge >= 0.3 is 0 Å². The molecule has 4 nitrogen and oxygen atoms in total. The van der Waals surface area contributed by atoms with E-state index >= 15 is 0 Å². The van der Waals surface area contributed by atoms with Crippen molar-refractivity contribution >= 4 is 41.9 Å². The highest BCUT2D eigenvalue weighted by Gasteiger charge is 2.29. The van der Waals surface area contributed by atoms with Gasteiger partial charge in [-0.3, -0.25) is 0 Å². The van der Waals surface area contributed by atoms with Crippen molar-refractivity contribution in [3.63, 3.8) is 0 Å². The lowest BCUT2D eigenvalue weighted by molar-refractivity contribution is 0.232. The smallest absolute Gasteiger partial charge is 0.241 e. The second-order valence-corrected chi connectivity index (χ2v) is 9.36. The first-order valence-electron chi connectivity index (χ1n) is 6.90. The molecule has 7 heteroatoms. The number of rotatable bonds is 4. The Labute approximate surface area is 143 Å². The maximum Gasteiger partial charge on any atom is 0.241 e. The molecule has 21 heavy (non-hydrogen) atoms. The Morgan fingerprint density at radius 3 is 2.48 bits per heavy atom. The summed E-state index contributed by atoms with van der Waals surface area (Å²) >= 11 is 6.74. The summed E-state index contributed by atoms with van der Waals surface area (Å²) in [6.45, 7) is 6.41. The van der Waals surface area contributed by atoms with Crippen molar-refractivity contribution in [3.05, 3.63) is 26.6 Å². The summed E-state index contributed by atoms with van der Waals surface area (Å²) in [6.07, 6.45) is 1.96. The van der Waals surface area contributed by atoms with E-state index in [1.807, 2.05) is 13.0 Å². The van der Waals surface area contributed by atoms with Crippen LogP contribution >= 0.6 is 31.9 Å². The van der Waals surface area contributed by atoms with E-state index in [0.29, 0.717) is 11.0 Å². The van der Waals surface area contributed by atoms with Crippen molar-refractivity contribution in [2.24, 2.45) is 5.41 Å². The second kappa shape index (κ2) is 6.66. The van der Waals surface area contributed by atoms with Crippen LogP contribution in [0.1, 0.15) is 25.3 Å². The Hall–Kier alpha value is 0.0500. The number of benzene rings is 1. The molecule has 0 aliphatic carbocycles. The Morgan fingerprint density at radius 1 is 1.24 bits per heavy atom. The highest BCUT2D eigenvalue weighted by molar-refractivity contribution is 9.11. The van der Waals surface area contributed by atoms with E-state index in [1.165, 1.54) is 0 Å². The highest BCUT2D eigenvalue weighted by atomic mass is 79.9. The van der Waals surface area contributed by atoms with Gasteiger partial charge in [0.1, 0.15) is 0 Å². The van der Waals surface area contributed by atoms with E-state index in [4.69, 9.17) is 0 Å². The van der Waals surface area contributed by atoms with Gasteiger partial charge < -0.3 is 5.32 Å². The maximum absolute atomic E-state index is 12.5. The van der Waals surface area contributed by atoms with Gasteiger partial charge in [0, 0.05) is 15.5 Å². The van der Waals surface area contributed by atoms with E-state index in [-0.39, 0.29) is 10.3 Å². The molecule has 1 aliphatic rings. The van der Waals surface area contributed by atoms with Crippen molar-refractivity contribution in [2.75, 3.05) is 19.6 Å². The van der Waals surface area contributed by atoms with Crippen LogP contribution in [0.4, 0.5) is 0 Å². The normalized spacial score (nSPS) is 18.7. The minimum atomic E-state index is -3.51. The molecule has 1 aromatic carbocycles. The Bertz CT molecular complexity index is 626. The molecule has 1 heterocycles. The topological polar surface area (TPSA) is 58.2 Å². The molecular formula is C14H20Br2N2O2S. The molecule has 2 N–H and O–H groups in total. The summed E-state index contributed by atoms with van der Waals surface area (Å²) in [4.78, 5) is 0.275. The number of halogens is 2. The second-order valence-electron chi connectivity index (χ2n) is 5.92. The van der Waals surface area contributed by atoms with Gasteiger partial charge in [-0.1, -0.05) is 22.9 Å². The molecule has 1 aliphatic heterocycles. The molecule has 0 unspecified atom stereocenters. The average Bonchev–Trinajstić information content (AvgIpc) is 2.42. The van der Waals surface area contributed by atoms with Gasteiger partial charge in [0.15, 0.2) is 0 Å². The monoisotopic (exact) mass is 438 g/mol. The zero-order valence-corrected chi connectivity index (χ0v) is 16.2. The predicted molar refractivity (Wildman–Crippen MR) is 92.0 cm³/mol. The van der Waals surface area contributed by atoms with E-state index in [0.717, 1.165) is 36.0 Å². The molecule has 2 rings (SSSR count). The molecule has 0 atom stereocenters. The van der Waals surface area contributed by atoms with E-state index in [1.54, 1.807) is 6.07 Å². The fraction of sp³-hybridized carbons (Fsp3) is 0.571. The number of hydrogen-bond donors (Lipinski definition) is 2. The predicted octanol–water partition coefficient (Wildman–Crippen LogP) is 3.19. The third-order valence-electron chi connectivity index (χ3n) is 4.00. The van der Waals surface area contributed by atoms with Crippen LogP contribution in [-0.4, -0.2) is 28.1 Å². The summed E-state index contributed by atoms with van der Waals surface area (Å²) in [6, 6.07) is 3.46. The van der Waals surface area contributed by atoms with Crippen molar-refractivity contribution < 1.29 is 8.42 Å². The summed E-state index contributed by atoms with van der Waals surface area (Å²) in [5.41, 5.74) is 1.01. The fourth-order valence-electron chi connectivity index (χ4n) is 2.39. The maximum atomic E-state index is 12.5. The molecule has 0 saturated carbocycles. The van der Waals surface area contributed by atoms with E-state index in [9.17, 15) is 8.42 Å². The number of sulfonamides is 1. The molecule has 0 amide bonds. The zero-order valence-electron chi connectivity index (χ0n) is 12.2. The van der Waals surface area contributed by atoms with Gasteiger partial charge in [-0.15, -0.1) is 0 Å². The minimum Gasteiger partial charge on any atom is -0.317 e. The van der Waals surface area contributed by atoms with Crippen LogP contribution in [0, 0.1) is 12.3 Å². The largest absolute Gasteiger partial charge is 0.317 e. The van der Waals surface area contributed by atoms with Gasteiger partial charge in [0.2, 0.25) is 10.0 Å². The zero-order chi connectivity index (χ0) is 15.7.